The highest BCUT2D eigenvalue weighted by Crippen LogP contribution is 2.28. The Kier molecular flexibility index (Phi) is 4.23. The van der Waals surface area contributed by atoms with E-state index in [4.69, 9.17) is 4.74 Å². The molecule has 0 N–H and O–H groups in total. The van der Waals surface area contributed by atoms with E-state index < -0.39 is 10.0 Å². The van der Waals surface area contributed by atoms with Gasteiger partial charge in [-0.3, -0.25) is 0 Å². The Morgan fingerprint density at radius 1 is 1.16 bits per heavy atom. The summed E-state index contributed by atoms with van der Waals surface area (Å²) in [6.07, 6.45) is 0.488. The topological polar surface area (TPSA) is 59.5 Å². The Labute approximate surface area is 150 Å². The highest BCUT2D eigenvalue weighted by molar-refractivity contribution is 7.91. The minimum atomic E-state index is -3.43. The number of benzene rings is 1. The fourth-order valence-corrected chi connectivity index (χ4v) is 5.90. The Hall–Kier alpha value is -1.96. The van der Waals surface area contributed by atoms with Gasteiger partial charge in [0.1, 0.15) is 10.3 Å². The summed E-state index contributed by atoms with van der Waals surface area (Å²) in [7, 11) is -3.43. The van der Waals surface area contributed by atoms with Gasteiger partial charge in [-0.2, -0.15) is 4.31 Å². The van der Waals surface area contributed by atoms with Crippen molar-refractivity contribution in [3.63, 3.8) is 0 Å². The van der Waals surface area contributed by atoms with Crippen LogP contribution in [0.3, 0.4) is 0 Å². The second kappa shape index (κ2) is 6.40. The average molecular weight is 374 g/mol. The molecule has 1 unspecified atom stereocenters. The van der Waals surface area contributed by atoms with Crippen LogP contribution in [0.15, 0.2) is 52.7 Å². The van der Waals surface area contributed by atoms with Crippen molar-refractivity contribution < 1.29 is 13.2 Å². The smallest absolute Gasteiger partial charge is 0.252 e. The van der Waals surface area contributed by atoms with E-state index in [1.54, 1.807) is 6.07 Å². The largest absolute Gasteiger partial charge is 0.473 e. The Bertz CT molecular complexity index is 1010. The fourth-order valence-electron chi connectivity index (χ4n) is 2.97. The Morgan fingerprint density at radius 3 is 2.80 bits per heavy atom. The number of thiophene rings is 1. The van der Waals surface area contributed by atoms with E-state index in [2.05, 4.69) is 4.98 Å². The molecule has 0 bridgehead atoms. The van der Waals surface area contributed by atoms with Crippen molar-refractivity contribution >= 4 is 32.3 Å². The summed E-state index contributed by atoms with van der Waals surface area (Å²) in [6, 6.07) is 15.2. The maximum atomic E-state index is 12.7. The number of aryl methyl sites for hydroxylation is 1. The zero-order valence-electron chi connectivity index (χ0n) is 13.8. The maximum Gasteiger partial charge on any atom is 0.252 e. The normalized spacial score (nSPS) is 18.7. The molecular formula is C18H18N2O3S2. The maximum absolute atomic E-state index is 12.7. The van der Waals surface area contributed by atoms with Crippen LogP contribution in [-0.4, -0.2) is 36.9 Å². The SMILES string of the molecule is Cc1ccc(S(=O)(=O)N2CCC(Oc3ccc4ccccc4n3)C2)s1. The molecule has 1 saturated heterocycles. The molecule has 3 aromatic rings. The second-order valence-corrected chi connectivity index (χ2v) is 9.55. The van der Waals surface area contributed by atoms with Crippen LogP contribution in [0.25, 0.3) is 10.9 Å². The molecule has 4 rings (SSSR count). The first-order valence-corrected chi connectivity index (χ1v) is 10.4. The number of fused-ring (bicyclic) bond motifs is 1. The number of nitrogens with zero attached hydrogens (tertiary/aromatic N) is 2. The molecule has 2 aromatic heterocycles. The van der Waals surface area contributed by atoms with E-state index in [0.29, 0.717) is 29.6 Å². The summed E-state index contributed by atoms with van der Waals surface area (Å²) in [5.41, 5.74) is 0.872. The number of pyridine rings is 1. The molecule has 0 radical (unpaired) electrons. The number of ether oxygens (including phenoxy) is 1. The second-order valence-electron chi connectivity index (χ2n) is 6.10. The number of rotatable bonds is 4. The number of para-hydroxylation sites is 1. The Balaban J connectivity index is 1.48. The predicted octanol–water partition coefficient (Wildman–Crippen LogP) is 3.45. The van der Waals surface area contributed by atoms with Crippen molar-refractivity contribution in [1.82, 2.24) is 9.29 Å². The van der Waals surface area contributed by atoms with Crippen LogP contribution in [0, 0.1) is 6.92 Å². The van der Waals surface area contributed by atoms with Gasteiger partial charge in [-0.25, -0.2) is 13.4 Å². The molecule has 0 aliphatic carbocycles. The summed E-state index contributed by atoms with van der Waals surface area (Å²) in [5.74, 6) is 0.537. The molecule has 1 fully saturated rings. The van der Waals surface area contributed by atoms with E-state index in [-0.39, 0.29) is 6.10 Å². The molecule has 3 heterocycles. The standard InChI is InChI=1S/C18H18N2O3S2/c1-13-6-9-18(24-13)25(21,22)20-11-10-15(12-20)23-17-8-7-14-4-2-3-5-16(14)19-17/h2-9,15H,10-12H2,1H3. The molecule has 1 aliphatic heterocycles. The van der Waals surface area contributed by atoms with Gasteiger partial charge < -0.3 is 4.74 Å². The van der Waals surface area contributed by atoms with Crippen LogP contribution >= 0.6 is 11.3 Å². The van der Waals surface area contributed by atoms with Crippen LogP contribution in [0.5, 0.6) is 5.88 Å². The van der Waals surface area contributed by atoms with Gasteiger partial charge in [-0.15, -0.1) is 11.3 Å². The molecule has 1 aromatic carbocycles. The minimum Gasteiger partial charge on any atom is -0.473 e. The van der Waals surface area contributed by atoms with Crippen molar-refractivity contribution in [2.45, 2.75) is 23.7 Å². The van der Waals surface area contributed by atoms with Gasteiger partial charge >= 0.3 is 0 Å². The highest BCUT2D eigenvalue weighted by Gasteiger charge is 2.34. The minimum absolute atomic E-state index is 0.176. The molecule has 130 valence electrons. The molecular weight excluding hydrogens is 356 g/mol. The molecule has 0 saturated carbocycles. The summed E-state index contributed by atoms with van der Waals surface area (Å²) in [4.78, 5) is 5.49. The monoisotopic (exact) mass is 374 g/mol. The van der Waals surface area contributed by atoms with Crippen LogP contribution in [0.4, 0.5) is 0 Å². The summed E-state index contributed by atoms with van der Waals surface area (Å²) >= 11 is 1.31. The first kappa shape index (κ1) is 16.5. The van der Waals surface area contributed by atoms with Gasteiger partial charge in [0.15, 0.2) is 0 Å². The van der Waals surface area contributed by atoms with Gasteiger partial charge in [0.05, 0.1) is 12.1 Å². The Morgan fingerprint density at radius 2 is 2.00 bits per heavy atom. The van der Waals surface area contributed by atoms with E-state index in [1.807, 2.05) is 49.4 Å². The molecule has 25 heavy (non-hydrogen) atoms. The molecule has 7 heteroatoms. The summed E-state index contributed by atoms with van der Waals surface area (Å²) in [6.45, 7) is 2.73. The number of aromatic nitrogens is 1. The van der Waals surface area contributed by atoms with Crippen LogP contribution < -0.4 is 4.74 Å². The number of hydrogen-bond donors (Lipinski definition) is 0. The summed E-state index contributed by atoms with van der Waals surface area (Å²) in [5, 5.41) is 1.05. The first-order chi connectivity index (χ1) is 12.0. The molecule has 0 amide bonds. The van der Waals surface area contributed by atoms with Crippen molar-refractivity contribution in [2.24, 2.45) is 0 Å². The lowest BCUT2D eigenvalue weighted by atomic mass is 10.2. The highest BCUT2D eigenvalue weighted by atomic mass is 32.2. The molecule has 0 spiro atoms. The zero-order chi connectivity index (χ0) is 17.4. The lowest BCUT2D eigenvalue weighted by Gasteiger charge is -2.16. The third-order valence-corrected chi connectivity index (χ3v) is 7.61. The van der Waals surface area contributed by atoms with Gasteiger partial charge in [0.25, 0.3) is 10.0 Å². The van der Waals surface area contributed by atoms with Crippen molar-refractivity contribution in [2.75, 3.05) is 13.1 Å². The fraction of sp³-hybridized carbons (Fsp3) is 0.278. The van der Waals surface area contributed by atoms with Crippen LogP contribution in [0.2, 0.25) is 0 Å². The lowest BCUT2D eigenvalue weighted by molar-refractivity contribution is 0.207. The lowest BCUT2D eigenvalue weighted by Crippen LogP contribution is -2.30. The molecule has 1 aliphatic rings. The average Bonchev–Trinajstić information content (AvgIpc) is 3.24. The summed E-state index contributed by atoms with van der Waals surface area (Å²) < 4.78 is 33.2. The van der Waals surface area contributed by atoms with Crippen molar-refractivity contribution in [1.29, 1.82) is 0 Å². The van der Waals surface area contributed by atoms with Gasteiger partial charge in [-0.05, 0) is 37.6 Å². The van der Waals surface area contributed by atoms with E-state index in [0.717, 1.165) is 15.8 Å². The van der Waals surface area contributed by atoms with Crippen molar-refractivity contribution in [3.8, 4) is 5.88 Å². The van der Waals surface area contributed by atoms with E-state index >= 15 is 0 Å². The molecule has 5 nitrogen and oxygen atoms in total. The van der Waals surface area contributed by atoms with Crippen molar-refractivity contribution in [3.05, 3.63) is 53.4 Å². The third-order valence-electron chi connectivity index (χ3n) is 4.28. The molecule has 1 atom stereocenters. The predicted molar refractivity (Wildman–Crippen MR) is 98.6 cm³/mol. The first-order valence-electron chi connectivity index (χ1n) is 8.11. The zero-order valence-corrected chi connectivity index (χ0v) is 15.4. The van der Waals surface area contributed by atoms with Crippen LogP contribution in [-0.2, 0) is 10.0 Å². The quantitative estimate of drug-likeness (QED) is 0.702. The van der Waals surface area contributed by atoms with Gasteiger partial charge in [0, 0.05) is 22.9 Å². The van der Waals surface area contributed by atoms with Gasteiger partial charge in [-0.1, -0.05) is 18.2 Å². The number of sulfonamides is 1. The van der Waals surface area contributed by atoms with E-state index in [9.17, 15) is 8.42 Å². The van der Waals surface area contributed by atoms with E-state index in [1.165, 1.54) is 15.6 Å². The van der Waals surface area contributed by atoms with Gasteiger partial charge in [0.2, 0.25) is 5.88 Å². The number of hydrogen-bond acceptors (Lipinski definition) is 5. The third kappa shape index (κ3) is 3.27. The van der Waals surface area contributed by atoms with Crippen LogP contribution in [0.1, 0.15) is 11.3 Å².